The van der Waals surface area contributed by atoms with Crippen molar-refractivity contribution in [3.63, 3.8) is 0 Å². The molecule has 30 heavy (non-hydrogen) atoms. The van der Waals surface area contributed by atoms with Crippen LogP contribution < -0.4 is 4.74 Å². The van der Waals surface area contributed by atoms with Crippen LogP contribution in [0.2, 0.25) is 0 Å². The molecule has 4 nitrogen and oxygen atoms in total. The zero-order chi connectivity index (χ0) is 22.9. The molecule has 0 fully saturated rings. The predicted octanol–water partition coefficient (Wildman–Crippen LogP) is 6.23. The number of carbonyl (C=O) groups is 2. The van der Waals surface area contributed by atoms with Gasteiger partial charge in [0, 0.05) is 16.7 Å². The number of aromatic carboxylic acids is 1. The van der Waals surface area contributed by atoms with Gasteiger partial charge in [0.05, 0.1) is 11.7 Å². The summed E-state index contributed by atoms with van der Waals surface area (Å²) in [6.45, 7) is 17.4. The minimum absolute atomic E-state index is 0.0654. The molecule has 0 aliphatic carbocycles. The Morgan fingerprint density at radius 3 is 1.80 bits per heavy atom. The van der Waals surface area contributed by atoms with E-state index in [1.807, 2.05) is 41.5 Å². The lowest BCUT2D eigenvalue weighted by atomic mass is 9.87. The first-order valence-corrected chi connectivity index (χ1v) is 10.2. The molecule has 0 atom stereocenters. The van der Waals surface area contributed by atoms with E-state index in [1.165, 1.54) is 5.56 Å². The van der Waals surface area contributed by atoms with Crippen molar-refractivity contribution < 1.29 is 19.4 Å². The van der Waals surface area contributed by atoms with Gasteiger partial charge in [-0.3, -0.25) is 4.79 Å². The average Bonchev–Trinajstić information content (AvgIpc) is 2.65. The van der Waals surface area contributed by atoms with E-state index >= 15 is 0 Å². The Bertz CT molecular complexity index is 1030. The summed E-state index contributed by atoms with van der Waals surface area (Å²) in [5.41, 5.74) is 8.36. The van der Waals surface area contributed by atoms with Gasteiger partial charge in [0.25, 0.3) is 0 Å². The zero-order valence-electron chi connectivity index (χ0n) is 19.5. The summed E-state index contributed by atoms with van der Waals surface area (Å²) < 4.78 is 5.94. The summed E-state index contributed by atoms with van der Waals surface area (Å²) in [6.07, 6.45) is 3.17. The van der Waals surface area contributed by atoms with Crippen LogP contribution in [0.15, 0.2) is 12.1 Å². The number of ether oxygens (including phenoxy) is 1. The molecule has 1 N–H and O–H groups in total. The van der Waals surface area contributed by atoms with Gasteiger partial charge in [-0.1, -0.05) is 0 Å². The zero-order valence-corrected chi connectivity index (χ0v) is 19.5. The molecule has 0 saturated heterocycles. The van der Waals surface area contributed by atoms with Gasteiger partial charge >= 0.3 is 5.97 Å². The van der Waals surface area contributed by atoms with E-state index in [-0.39, 0.29) is 17.5 Å². The molecule has 0 bridgehead atoms. The van der Waals surface area contributed by atoms with Crippen LogP contribution in [-0.4, -0.2) is 23.0 Å². The first kappa shape index (κ1) is 23.4. The lowest BCUT2D eigenvalue weighted by Crippen LogP contribution is -2.12. The number of rotatable bonds is 6. The Balaban J connectivity index is 2.60. The number of carbonyl (C=O) groups excluding carboxylic acids is 1. The second kappa shape index (κ2) is 8.86. The molecule has 0 spiro atoms. The monoisotopic (exact) mass is 408 g/mol. The van der Waals surface area contributed by atoms with Crippen LogP contribution in [-0.2, 0) is 0 Å². The molecule has 0 aliphatic rings. The van der Waals surface area contributed by atoms with E-state index in [0.717, 1.165) is 27.8 Å². The van der Waals surface area contributed by atoms with E-state index in [0.29, 0.717) is 22.4 Å². The molecular formula is C26H32O4. The van der Waals surface area contributed by atoms with Crippen molar-refractivity contribution in [1.82, 2.24) is 0 Å². The van der Waals surface area contributed by atoms with Crippen molar-refractivity contribution in [2.75, 3.05) is 0 Å². The normalized spacial score (nSPS) is 11.4. The maximum Gasteiger partial charge on any atom is 0.336 e. The SMILES string of the molecule is Cc1cc(C=CC(=O)c2c(C)c(C)c(C)c(C)c2C)c(OC(C)C)c(C)c1C(=O)O. The second-order valence-electron chi connectivity index (χ2n) is 8.28. The lowest BCUT2D eigenvalue weighted by molar-refractivity contribution is 0.0694. The summed E-state index contributed by atoms with van der Waals surface area (Å²) in [7, 11) is 0. The van der Waals surface area contributed by atoms with Crippen LogP contribution in [0.1, 0.15) is 79.1 Å². The van der Waals surface area contributed by atoms with Crippen LogP contribution in [0.4, 0.5) is 0 Å². The number of carboxylic acids is 1. The molecule has 4 heteroatoms. The third kappa shape index (κ3) is 4.33. The highest BCUT2D eigenvalue weighted by atomic mass is 16.5. The molecular weight excluding hydrogens is 376 g/mol. The van der Waals surface area contributed by atoms with E-state index in [1.54, 1.807) is 32.1 Å². The second-order valence-corrected chi connectivity index (χ2v) is 8.28. The molecule has 0 unspecified atom stereocenters. The Labute approximate surface area is 179 Å². The van der Waals surface area contributed by atoms with Crippen LogP contribution in [0.25, 0.3) is 6.08 Å². The summed E-state index contributed by atoms with van der Waals surface area (Å²) in [5.74, 6) is -0.548. The van der Waals surface area contributed by atoms with Crippen molar-refractivity contribution in [2.45, 2.75) is 68.4 Å². The molecule has 0 aromatic heterocycles. The Morgan fingerprint density at radius 2 is 1.33 bits per heavy atom. The quantitative estimate of drug-likeness (QED) is 0.455. The van der Waals surface area contributed by atoms with Crippen molar-refractivity contribution in [3.05, 3.63) is 67.8 Å². The summed E-state index contributed by atoms with van der Waals surface area (Å²) in [5, 5.41) is 9.57. The van der Waals surface area contributed by atoms with Crippen LogP contribution in [0, 0.1) is 48.5 Å². The third-order valence-corrected chi connectivity index (χ3v) is 5.97. The minimum atomic E-state index is -0.984. The van der Waals surface area contributed by atoms with Gasteiger partial charge in [0.15, 0.2) is 5.78 Å². The van der Waals surface area contributed by atoms with Gasteiger partial charge in [-0.2, -0.15) is 0 Å². The van der Waals surface area contributed by atoms with Gasteiger partial charge in [-0.05, 0) is 114 Å². The van der Waals surface area contributed by atoms with Crippen molar-refractivity contribution in [1.29, 1.82) is 0 Å². The maximum absolute atomic E-state index is 13.1. The van der Waals surface area contributed by atoms with Gasteiger partial charge in [0.2, 0.25) is 0 Å². The predicted molar refractivity (Wildman–Crippen MR) is 122 cm³/mol. The molecule has 2 rings (SSSR count). The van der Waals surface area contributed by atoms with Crippen LogP contribution in [0.5, 0.6) is 5.75 Å². The van der Waals surface area contributed by atoms with Crippen molar-refractivity contribution >= 4 is 17.8 Å². The lowest BCUT2D eigenvalue weighted by Gasteiger charge is -2.19. The smallest absolute Gasteiger partial charge is 0.336 e. The number of carboxylic acid groups (broad SMARTS) is 1. The fourth-order valence-electron chi connectivity index (χ4n) is 3.96. The molecule has 0 aliphatic heterocycles. The van der Waals surface area contributed by atoms with Gasteiger partial charge < -0.3 is 9.84 Å². The van der Waals surface area contributed by atoms with E-state index in [2.05, 4.69) is 6.92 Å². The van der Waals surface area contributed by atoms with Gasteiger partial charge in [0.1, 0.15) is 5.75 Å². The Hall–Kier alpha value is -2.88. The first-order valence-electron chi connectivity index (χ1n) is 10.2. The third-order valence-electron chi connectivity index (χ3n) is 5.97. The highest BCUT2D eigenvalue weighted by Crippen LogP contribution is 2.32. The van der Waals surface area contributed by atoms with Crippen molar-refractivity contribution in [3.8, 4) is 5.75 Å². The number of benzene rings is 2. The molecule has 2 aromatic carbocycles. The van der Waals surface area contributed by atoms with E-state index in [9.17, 15) is 14.7 Å². The Morgan fingerprint density at radius 1 is 0.833 bits per heavy atom. The largest absolute Gasteiger partial charge is 0.490 e. The molecule has 0 heterocycles. The standard InChI is InChI=1S/C26H32O4/c1-13(2)30-25-20(9)23(26(28)29)14(3)12-21(25)10-11-22(27)24-18(7)16(5)15(4)17(6)19(24)8/h10-13H,1-9H3,(H,28,29). The first-order chi connectivity index (χ1) is 13.9. The fourth-order valence-corrected chi connectivity index (χ4v) is 3.96. The average molecular weight is 409 g/mol. The minimum Gasteiger partial charge on any atom is -0.490 e. The maximum atomic E-state index is 13.1. The van der Waals surface area contributed by atoms with Gasteiger partial charge in [-0.15, -0.1) is 0 Å². The molecule has 2 aromatic rings. The molecule has 0 amide bonds. The molecule has 160 valence electrons. The number of allylic oxidation sites excluding steroid dienone is 1. The van der Waals surface area contributed by atoms with Crippen LogP contribution >= 0.6 is 0 Å². The number of hydrogen-bond acceptors (Lipinski definition) is 3. The van der Waals surface area contributed by atoms with E-state index in [4.69, 9.17) is 4.74 Å². The Kier molecular flexibility index (Phi) is 6.91. The summed E-state index contributed by atoms with van der Waals surface area (Å²) in [4.78, 5) is 24.8. The fraction of sp³-hybridized carbons (Fsp3) is 0.385. The highest BCUT2D eigenvalue weighted by Gasteiger charge is 2.20. The molecule has 0 radical (unpaired) electrons. The van der Waals surface area contributed by atoms with Gasteiger partial charge in [-0.25, -0.2) is 4.79 Å². The van der Waals surface area contributed by atoms with Crippen LogP contribution in [0.3, 0.4) is 0 Å². The summed E-state index contributed by atoms with van der Waals surface area (Å²) in [6, 6.07) is 1.77. The van der Waals surface area contributed by atoms with E-state index < -0.39 is 5.97 Å². The van der Waals surface area contributed by atoms with Crippen molar-refractivity contribution in [2.24, 2.45) is 0 Å². The topological polar surface area (TPSA) is 63.6 Å². The number of hydrogen-bond donors (Lipinski definition) is 1. The molecule has 0 saturated carbocycles. The number of ketones is 1. The highest BCUT2D eigenvalue weighted by molar-refractivity contribution is 6.09. The summed E-state index contributed by atoms with van der Waals surface area (Å²) >= 11 is 0. The number of aryl methyl sites for hydroxylation is 1.